The van der Waals surface area contributed by atoms with Crippen LogP contribution < -0.4 is 21.1 Å². The monoisotopic (exact) mass is 539 g/mol. The second kappa shape index (κ2) is 12.6. The molecule has 10 nitrogen and oxygen atoms in total. The Morgan fingerprint density at radius 1 is 0.949 bits per heavy atom. The molecule has 2 aromatic carbocycles. The number of rotatable bonds is 3. The van der Waals surface area contributed by atoms with Crippen molar-refractivity contribution in [2.75, 3.05) is 13.2 Å². The molecule has 4 bridgehead atoms. The molecular formula is C29H37N3O7. The van der Waals surface area contributed by atoms with Gasteiger partial charge in [-0.05, 0) is 69.0 Å². The van der Waals surface area contributed by atoms with Gasteiger partial charge in [-0.25, -0.2) is 4.79 Å². The molecular weight excluding hydrogens is 502 g/mol. The van der Waals surface area contributed by atoms with E-state index in [0.29, 0.717) is 24.7 Å². The van der Waals surface area contributed by atoms with E-state index in [4.69, 9.17) is 24.7 Å². The topological polar surface area (TPSA) is 138 Å². The molecule has 2 aromatic rings. The van der Waals surface area contributed by atoms with Crippen LogP contribution in [0.2, 0.25) is 0 Å². The minimum Gasteiger partial charge on any atom is -0.458 e. The molecule has 2 amide bonds. The predicted molar refractivity (Wildman–Crippen MR) is 143 cm³/mol. The van der Waals surface area contributed by atoms with Gasteiger partial charge in [0.2, 0.25) is 11.8 Å². The van der Waals surface area contributed by atoms with E-state index in [1.807, 2.05) is 42.5 Å². The number of hydrogen-bond acceptors (Lipinski definition) is 8. The molecule has 1 fully saturated rings. The molecule has 4 N–H and O–H groups in total. The molecule has 0 aliphatic carbocycles. The quantitative estimate of drug-likeness (QED) is 0.506. The molecule has 0 spiro atoms. The highest BCUT2D eigenvalue weighted by Gasteiger charge is 2.33. The summed E-state index contributed by atoms with van der Waals surface area (Å²) < 4.78 is 22.9. The Balaban J connectivity index is 1.68. The maximum atomic E-state index is 13.6. The number of carbonyl (C=O) groups is 3. The van der Waals surface area contributed by atoms with E-state index in [1.165, 1.54) is 0 Å². The van der Waals surface area contributed by atoms with E-state index in [0.717, 1.165) is 17.5 Å². The van der Waals surface area contributed by atoms with Gasteiger partial charge in [0, 0.05) is 12.8 Å². The van der Waals surface area contributed by atoms with Crippen LogP contribution in [0.3, 0.4) is 0 Å². The lowest BCUT2D eigenvalue weighted by molar-refractivity contribution is -0.185. The molecule has 0 saturated carbocycles. The second-order valence-electron chi connectivity index (χ2n) is 10.8. The minimum atomic E-state index is -1.05. The molecule has 3 atom stereocenters. The number of carbonyl (C=O) groups excluding carboxylic acids is 3. The van der Waals surface area contributed by atoms with Gasteiger partial charge in [0.05, 0.1) is 19.3 Å². The van der Waals surface area contributed by atoms with Gasteiger partial charge in [0.25, 0.3) is 0 Å². The molecule has 210 valence electrons. The highest BCUT2D eigenvalue weighted by atomic mass is 16.7. The summed E-state index contributed by atoms with van der Waals surface area (Å²) in [5, 5.41) is 5.54. The van der Waals surface area contributed by atoms with Gasteiger partial charge in [-0.15, -0.1) is 0 Å². The first-order valence-corrected chi connectivity index (χ1v) is 13.2. The van der Waals surface area contributed by atoms with Crippen molar-refractivity contribution in [1.82, 2.24) is 10.6 Å². The first-order valence-electron chi connectivity index (χ1n) is 13.2. The van der Waals surface area contributed by atoms with Crippen LogP contribution in [0.4, 0.5) is 0 Å². The standard InChI is InChI=1S/C29H37N3O7/c1-29(2,3)39-28(35)24-16-19-8-5-10-21(14-19)38-20-9-4-7-18(13-20)15-22(30)26(33)31-23(27(34)32-24)17-25-36-11-6-12-37-25/h4-5,7-10,13-14,22-25H,6,11-12,15-17,30H2,1-3H3,(H,31,33)(H,32,34)/t22?,23-,24-/m0/s1. The van der Waals surface area contributed by atoms with Gasteiger partial charge in [0.15, 0.2) is 6.29 Å². The third-order valence-corrected chi connectivity index (χ3v) is 6.23. The zero-order valence-corrected chi connectivity index (χ0v) is 22.6. The average molecular weight is 540 g/mol. The fourth-order valence-electron chi connectivity index (χ4n) is 4.40. The zero-order valence-electron chi connectivity index (χ0n) is 22.6. The maximum absolute atomic E-state index is 13.6. The van der Waals surface area contributed by atoms with Crippen LogP contribution >= 0.6 is 0 Å². The molecule has 0 radical (unpaired) electrons. The van der Waals surface area contributed by atoms with E-state index in [1.54, 1.807) is 26.8 Å². The van der Waals surface area contributed by atoms with Crippen molar-refractivity contribution in [2.45, 2.75) is 76.5 Å². The van der Waals surface area contributed by atoms with E-state index >= 15 is 0 Å². The molecule has 39 heavy (non-hydrogen) atoms. The van der Waals surface area contributed by atoms with Crippen LogP contribution in [0.25, 0.3) is 0 Å². The van der Waals surface area contributed by atoms with E-state index < -0.39 is 47.8 Å². The molecule has 0 aromatic heterocycles. The van der Waals surface area contributed by atoms with Gasteiger partial charge in [-0.1, -0.05) is 24.3 Å². The maximum Gasteiger partial charge on any atom is 0.329 e. The lowest BCUT2D eigenvalue weighted by Gasteiger charge is -2.30. The normalized spacial score (nSPS) is 23.2. The summed E-state index contributed by atoms with van der Waals surface area (Å²) >= 11 is 0. The molecule has 1 unspecified atom stereocenters. The predicted octanol–water partition coefficient (Wildman–Crippen LogP) is 2.37. The Bertz CT molecular complexity index is 1170. The van der Waals surface area contributed by atoms with E-state index in [2.05, 4.69) is 10.6 Å². The lowest BCUT2D eigenvalue weighted by atomic mass is 10.0. The van der Waals surface area contributed by atoms with Crippen molar-refractivity contribution in [3.05, 3.63) is 59.7 Å². The first-order chi connectivity index (χ1) is 18.6. The van der Waals surface area contributed by atoms with Crippen LogP contribution in [0.15, 0.2) is 48.5 Å². The first kappa shape index (κ1) is 28.5. The number of benzene rings is 2. The highest BCUT2D eigenvalue weighted by molar-refractivity contribution is 5.92. The summed E-state index contributed by atoms with van der Waals surface area (Å²) in [6.45, 7) is 6.25. The second-order valence-corrected chi connectivity index (χ2v) is 10.8. The zero-order chi connectivity index (χ0) is 28.0. The molecule has 2 aliphatic rings. The fourth-order valence-corrected chi connectivity index (χ4v) is 4.40. The van der Waals surface area contributed by atoms with Crippen molar-refractivity contribution in [3.63, 3.8) is 0 Å². The summed E-state index contributed by atoms with van der Waals surface area (Å²) in [5.74, 6) is -0.514. The number of amides is 2. The van der Waals surface area contributed by atoms with Crippen LogP contribution in [0.1, 0.15) is 44.7 Å². The van der Waals surface area contributed by atoms with Crippen molar-refractivity contribution in [3.8, 4) is 11.5 Å². The molecule has 2 heterocycles. The molecule has 10 heteroatoms. The summed E-state index contributed by atoms with van der Waals surface area (Å²) in [5.41, 5.74) is 7.04. The van der Waals surface area contributed by atoms with Crippen LogP contribution in [0, 0.1) is 0 Å². The Morgan fingerprint density at radius 2 is 1.56 bits per heavy atom. The summed E-state index contributed by atoms with van der Waals surface area (Å²) in [7, 11) is 0. The number of nitrogens with one attached hydrogen (secondary N) is 2. The third kappa shape index (κ3) is 8.51. The van der Waals surface area contributed by atoms with E-state index in [9.17, 15) is 14.4 Å². The SMILES string of the molecule is CC(C)(C)OC(=O)[C@@H]1Cc2cccc(c2)Oc2cccc(c2)CC(N)C(=O)N[C@@H](CC2OCCCO2)C(=O)N1. The van der Waals surface area contributed by atoms with Crippen molar-refractivity contribution in [1.29, 1.82) is 0 Å². The highest BCUT2D eigenvalue weighted by Crippen LogP contribution is 2.25. The van der Waals surface area contributed by atoms with Crippen molar-refractivity contribution >= 4 is 17.8 Å². The Kier molecular flexibility index (Phi) is 9.21. The molecule has 4 rings (SSSR count). The van der Waals surface area contributed by atoms with Crippen molar-refractivity contribution in [2.24, 2.45) is 5.73 Å². The Morgan fingerprint density at radius 3 is 2.18 bits per heavy atom. The fraction of sp³-hybridized carbons (Fsp3) is 0.483. The van der Waals surface area contributed by atoms with Crippen LogP contribution in [-0.4, -0.2) is 61.0 Å². The number of hydrogen-bond donors (Lipinski definition) is 3. The summed E-state index contributed by atoms with van der Waals surface area (Å²) in [6, 6.07) is 11.6. The number of nitrogens with two attached hydrogens (primary N) is 1. The van der Waals surface area contributed by atoms with Gasteiger partial charge in [-0.2, -0.15) is 0 Å². The number of esters is 1. The minimum absolute atomic E-state index is 0.0597. The largest absolute Gasteiger partial charge is 0.458 e. The smallest absolute Gasteiger partial charge is 0.329 e. The third-order valence-electron chi connectivity index (χ3n) is 6.23. The van der Waals surface area contributed by atoms with Gasteiger partial charge in [-0.3, -0.25) is 9.59 Å². The van der Waals surface area contributed by atoms with Gasteiger partial charge in [0.1, 0.15) is 29.2 Å². The van der Waals surface area contributed by atoms with Gasteiger partial charge >= 0.3 is 5.97 Å². The average Bonchev–Trinajstić information content (AvgIpc) is 2.87. The summed E-state index contributed by atoms with van der Waals surface area (Å²) in [4.78, 5) is 39.9. The molecule has 1 saturated heterocycles. The number of ether oxygens (including phenoxy) is 4. The van der Waals surface area contributed by atoms with Crippen LogP contribution in [-0.2, 0) is 41.4 Å². The van der Waals surface area contributed by atoms with E-state index in [-0.39, 0.29) is 19.3 Å². The van der Waals surface area contributed by atoms with Gasteiger partial charge < -0.3 is 35.3 Å². The number of fused-ring (bicyclic) bond motifs is 4. The Labute approximate surface area is 228 Å². The summed E-state index contributed by atoms with van der Waals surface area (Å²) in [6.07, 6.45) is 0.502. The Hall–Kier alpha value is -3.47. The van der Waals surface area contributed by atoms with Crippen molar-refractivity contribution < 1.29 is 33.3 Å². The molecule has 2 aliphatic heterocycles. The lowest BCUT2D eigenvalue weighted by Crippen LogP contribution is -2.56. The van der Waals surface area contributed by atoms with Crippen LogP contribution in [0.5, 0.6) is 11.5 Å².